The summed E-state index contributed by atoms with van der Waals surface area (Å²) in [6.45, 7) is 1.81. The molecule has 0 spiro atoms. The molecule has 1 unspecified atom stereocenters. The van der Waals surface area contributed by atoms with Crippen LogP contribution in [0.3, 0.4) is 0 Å². The summed E-state index contributed by atoms with van der Waals surface area (Å²) in [5.41, 5.74) is 1.28. The monoisotopic (exact) mass is 357 g/mol. The van der Waals surface area contributed by atoms with Gasteiger partial charge in [0.25, 0.3) is 0 Å². The van der Waals surface area contributed by atoms with Gasteiger partial charge in [-0.1, -0.05) is 17.7 Å². The smallest absolute Gasteiger partial charge is 0.140 e. The Balaban J connectivity index is 1.89. The van der Waals surface area contributed by atoms with Crippen LogP contribution < -0.4 is 10.1 Å². The van der Waals surface area contributed by atoms with Crippen LogP contribution in [0, 0.1) is 0 Å². The summed E-state index contributed by atoms with van der Waals surface area (Å²) in [6.07, 6.45) is 1.09. The number of thiophene rings is 1. The van der Waals surface area contributed by atoms with Gasteiger partial charge in [0.15, 0.2) is 0 Å². The SMILES string of the molecule is Clc1c(Br)cccc1OC1CNCCc2sccc21. The normalized spacial score (nSPS) is 18.7. The minimum absolute atomic E-state index is 0.0237. The summed E-state index contributed by atoms with van der Waals surface area (Å²) in [4.78, 5) is 1.40. The highest BCUT2D eigenvalue weighted by molar-refractivity contribution is 9.10. The molecule has 2 aromatic rings. The lowest BCUT2D eigenvalue weighted by Gasteiger charge is -2.19. The molecule has 1 aromatic heterocycles. The third kappa shape index (κ3) is 2.82. The van der Waals surface area contributed by atoms with Gasteiger partial charge < -0.3 is 10.1 Å². The molecule has 3 rings (SSSR count). The summed E-state index contributed by atoms with van der Waals surface area (Å²) >= 11 is 11.5. The molecule has 0 bridgehead atoms. The van der Waals surface area contributed by atoms with Crippen molar-refractivity contribution >= 4 is 38.9 Å². The third-order valence-electron chi connectivity index (χ3n) is 3.17. The molecule has 1 aliphatic heterocycles. The van der Waals surface area contributed by atoms with Crippen LogP contribution in [0.1, 0.15) is 16.5 Å². The van der Waals surface area contributed by atoms with Crippen molar-refractivity contribution < 1.29 is 4.74 Å². The largest absolute Gasteiger partial charge is 0.483 e. The van der Waals surface area contributed by atoms with Crippen molar-refractivity contribution in [3.8, 4) is 5.75 Å². The van der Waals surface area contributed by atoms with Crippen molar-refractivity contribution in [3.63, 3.8) is 0 Å². The molecule has 1 aliphatic rings. The molecular weight excluding hydrogens is 346 g/mol. The van der Waals surface area contributed by atoms with Crippen LogP contribution in [-0.4, -0.2) is 13.1 Å². The van der Waals surface area contributed by atoms with E-state index in [1.165, 1.54) is 10.4 Å². The van der Waals surface area contributed by atoms with Crippen LogP contribution in [0.2, 0.25) is 5.02 Å². The highest BCUT2D eigenvalue weighted by atomic mass is 79.9. The highest BCUT2D eigenvalue weighted by Crippen LogP contribution is 2.36. The Bertz CT molecular complexity index is 587. The van der Waals surface area contributed by atoms with E-state index in [9.17, 15) is 0 Å². The van der Waals surface area contributed by atoms with Crippen LogP contribution in [0.15, 0.2) is 34.1 Å². The second-order valence-electron chi connectivity index (χ2n) is 4.41. The molecule has 0 fully saturated rings. The van der Waals surface area contributed by atoms with Gasteiger partial charge in [-0.3, -0.25) is 0 Å². The molecular formula is C14H13BrClNOS. The van der Waals surface area contributed by atoms with Gasteiger partial charge in [0.05, 0.1) is 5.02 Å². The van der Waals surface area contributed by atoms with E-state index in [1.807, 2.05) is 18.2 Å². The van der Waals surface area contributed by atoms with Gasteiger partial charge in [-0.05, 0) is 45.9 Å². The molecule has 0 saturated carbocycles. The summed E-state index contributed by atoms with van der Waals surface area (Å²) in [7, 11) is 0. The first-order chi connectivity index (χ1) is 9.25. The number of fused-ring (bicyclic) bond motifs is 1. The number of hydrogen-bond donors (Lipinski definition) is 1. The first-order valence-electron chi connectivity index (χ1n) is 6.13. The second kappa shape index (κ2) is 5.83. The summed E-state index contributed by atoms with van der Waals surface area (Å²) in [6, 6.07) is 7.91. The van der Waals surface area contributed by atoms with Crippen molar-refractivity contribution in [1.82, 2.24) is 5.32 Å². The van der Waals surface area contributed by atoms with Crippen molar-refractivity contribution in [2.24, 2.45) is 0 Å². The first-order valence-corrected chi connectivity index (χ1v) is 8.18. The van der Waals surface area contributed by atoms with Gasteiger partial charge in [0, 0.05) is 28.0 Å². The van der Waals surface area contributed by atoms with Crippen LogP contribution >= 0.6 is 38.9 Å². The van der Waals surface area contributed by atoms with E-state index >= 15 is 0 Å². The minimum atomic E-state index is 0.0237. The number of ether oxygens (including phenoxy) is 1. The summed E-state index contributed by atoms with van der Waals surface area (Å²) in [5.74, 6) is 0.724. The quantitative estimate of drug-likeness (QED) is 0.857. The van der Waals surface area contributed by atoms with Gasteiger partial charge in [0.2, 0.25) is 0 Å². The maximum atomic E-state index is 6.26. The molecule has 0 amide bonds. The van der Waals surface area contributed by atoms with Crippen LogP contribution in [0.4, 0.5) is 0 Å². The van der Waals surface area contributed by atoms with E-state index < -0.39 is 0 Å². The molecule has 5 heteroatoms. The Morgan fingerprint density at radius 2 is 2.26 bits per heavy atom. The standard InChI is InChI=1S/C14H13BrClNOS/c15-10-2-1-3-11(14(10)16)18-12-8-17-6-4-13-9(12)5-7-19-13/h1-3,5,7,12,17H,4,6,8H2. The molecule has 0 saturated heterocycles. The van der Waals surface area contributed by atoms with E-state index in [2.05, 4.69) is 32.7 Å². The van der Waals surface area contributed by atoms with E-state index in [1.54, 1.807) is 11.3 Å². The van der Waals surface area contributed by atoms with E-state index in [0.29, 0.717) is 5.02 Å². The summed E-state index contributed by atoms with van der Waals surface area (Å²) < 4.78 is 6.97. The van der Waals surface area contributed by atoms with Crippen molar-refractivity contribution in [2.45, 2.75) is 12.5 Å². The van der Waals surface area contributed by atoms with Crippen molar-refractivity contribution in [3.05, 3.63) is 49.6 Å². The Morgan fingerprint density at radius 1 is 1.37 bits per heavy atom. The molecule has 1 atom stereocenters. The molecule has 0 radical (unpaired) electrons. The average molecular weight is 359 g/mol. The van der Waals surface area contributed by atoms with E-state index in [0.717, 1.165) is 29.7 Å². The number of hydrogen-bond acceptors (Lipinski definition) is 3. The zero-order valence-electron chi connectivity index (χ0n) is 10.2. The lowest BCUT2D eigenvalue weighted by atomic mass is 10.1. The lowest BCUT2D eigenvalue weighted by Crippen LogP contribution is -2.23. The van der Waals surface area contributed by atoms with E-state index in [-0.39, 0.29) is 6.10 Å². The fourth-order valence-electron chi connectivity index (χ4n) is 2.22. The molecule has 2 nitrogen and oxygen atoms in total. The topological polar surface area (TPSA) is 21.3 Å². The third-order valence-corrected chi connectivity index (χ3v) is 5.45. The van der Waals surface area contributed by atoms with Gasteiger partial charge in [-0.15, -0.1) is 11.3 Å². The molecule has 1 aromatic carbocycles. The molecule has 1 N–H and O–H groups in total. The van der Waals surface area contributed by atoms with Gasteiger partial charge in [0.1, 0.15) is 11.9 Å². The highest BCUT2D eigenvalue weighted by Gasteiger charge is 2.22. The molecule has 19 heavy (non-hydrogen) atoms. The van der Waals surface area contributed by atoms with Crippen LogP contribution in [-0.2, 0) is 6.42 Å². The van der Waals surface area contributed by atoms with Crippen LogP contribution in [0.5, 0.6) is 5.75 Å². The van der Waals surface area contributed by atoms with Gasteiger partial charge >= 0.3 is 0 Å². The van der Waals surface area contributed by atoms with Crippen molar-refractivity contribution in [2.75, 3.05) is 13.1 Å². The Labute approximate surface area is 129 Å². The zero-order chi connectivity index (χ0) is 13.2. The second-order valence-corrected chi connectivity index (χ2v) is 6.64. The van der Waals surface area contributed by atoms with Gasteiger partial charge in [-0.25, -0.2) is 0 Å². The maximum absolute atomic E-state index is 6.26. The zero-order valence-corrected chi connectivity index (χ0v) is 13.3. The van der Waals surface area contributed by atoms with E-state index in [4.69, 9.17) is 16.3 Å². The van der Waals surface area contributed by atoms with Gasteiger partial charge in [-0.2, -0.15) is 0 Å². The van der Waals surface area contributed by atoms with Crippen LogP contribution in [0.25, 0.3) is 0 Å². The Kier molecular flexibility index (Phi) is 4.12. The molecule has 0 aliphatic carbocycles. The predicted molar refractivity (Wildman–Crippen MR) is 83.4 cm³/mol. The Hall–Kier alpha value is -0.550. The fraction of sp³-hybridized carbons (Fsp3) is 0.286. The first kappa shape index (κ1) is 13.4. The Morgan fingerprint density at radius 3 is 3.16 bits per heavy atom. The number of nitrogens with one attached hydrogen (secondary N) is 1. The maximum Gasteiger partial charge on any atom is 0.140 e. The average Bonchev–Trinajstić information content (AvgIpc) is 2.79. The summed E-state index contributed by atoms with van der Waals surface area (Å²) in [5, 5.41) is 6.17. The predicted octanol–water partition coefficient (Wildman–Crippen LogP) is 4.43. The number of rotatable bonds is 2. The number of benzene rings is 1. The fourth-order valence-corrected chi connectivity index (χ4v) is 3.67. The number of halogens is 2. The van der Waals surface area contributed by atoms with Crippen molar-refractivity contribution in [1.29, 1.82) is 0 Å². The lowest BCUT2D eigenvalue weighted by molar-refractivity contribution is 0.205. The molecule has 2 heterocycles. The minimum Gasteiger partial charge on any atom is -0.483 e. The molecule has 100 valence electrons.